The van der Waals surface area contributed by atoms with E-state index in [1.54, 1.807) is 0 Å². The predicted molar refractivity (Wildman–Crippen MR) is 65.8 cm³/mol. The predicted octanol–water partition coefficient (Wildman–Crippen LogP) is 1.81. The van der Waals surface area contributed by atoms with Crippen molar-refractivity contribution in [1.29, 1.82) is 0 Å². The van der Waals surface area contributed by atoms with Gasteiger partial charge < -0.3 is 0 Å². The third-order valence-corrected chi connectivity index (χ3v) is 3.59. The van der Waals surface area contributed by atoms with E-state index in [1.165, 1.54) is 0 Å². The normalized spacial score (nSPS) is 30.1. The Labute approximate surface area is 94.6 Å². The van der Waals surface area contributed by atoms with E-state index in [4.69, 9.17) is 6.42 Å². The third-order valence-electron chi connectivity index (χ3n) is 3.59. The van der Waals surface area contributed by atoms with Gasteiger partial charge in [0.2, 0.25) is 0 Å². The zero-order valence-electron chi connectivity index (χ0n) is 10.7. The highest BCUT2D eigenvalue weighted by Gasteiger charge is 2.35. The van der Waals surface area contributed by atoms with E-state index in [0.29, 0.717) is 12.1 Å². The van der Waals surface area contributed by atoms with Crippen LogP contribution in [0.3, 0.4) is 0 Å². The molecule has 0 N–H and O–H groups in total. The molecule has 86 valence electrons. The quantitative estimate of drug-likeness (QED) is 0.639. The molecule has 1 aliphatic heterocycles. The Kier molecular flexibility index (Phi) is 3.81. The lowest BCUT2D eigenvalue weighted by Gasteiger charge is -2.49. The topological polar surface area (TPSA) is 6.48 Å². The SMILES string of the molecule is C#CC(C)(C)N1CC(C)N(CC)CC1C. The molecule has 0 aliphatic carbocycles. The molecule has 1 aliphatic rings. The van der Waals surface area contributed by atoms with E-state index in [1.807, 2.05) is 0 Å². The number of likely N-dealkylation sites (N-methyl/N-ethyl adjacent to an activating group) is 1. The van der Waals surface area contributed by atoms with E-state index in [2.05, 4.69) is 50.3 Å². The van der Waals surface area contributed by atoms with Gasteiger partial charge in [-0.15, -0.1) is 6.42 Å². The van der Waals surface area contributed by atoms with E-state index in [9.17, 15) is 0 Å². The Hall–Kier alpha value is -0.520. The molecule has 1 saturated heterocycles. The maximum atomic E-state index is 5.61. The largest absolute Gasteiger partial charge is 0.298 e. The molecule has 1 fully saturated rings. The van der Waals surface area contributed by atoms with Crippen LogP contribution in [0.2, 0.25) is 0 Å². The summed E-state index contributed by atoms with van der Waals surface area (Å²) in [7, 11) is 0. The molecular formula is C13H24N2. The van der Waals surface area contributed by atoms with E-state index in [0.717, 1.165) is 19.6 Å². The molecule has 2 nitrogen and oxygen atoms in total. The Morgan fingerprint density at radius 1 is 1.27 bits per heavy atom. The average molecular weight is 208 g/mol. The van der Waals surface area contributed by atoms with Crippen LogP contribution in [0.15, 0.2) is 0 Å². The highest BCUT2D eigenvalue weighted by atomic mass is 15.3. The highest BCUT2D eigenvalue weighted by Crippen LogP contribution is 2.23. The molecule has 0 spiro atoms. The number of terminal acetylenes is 1. The molecule has 1 rings (SSSR count). The van der Waals surface area contributed by atoms with Crippen molar-refractivity contribution >= 4 is 0 Å². The minimum Gasteiger partial charge on any atom is -0.298 e. The minimum atomic E-state index is -0.118. The van der Waals surface area contributed by atoms with Gasteiger partial charge in [0.15, 0.2) is 0 Å². The van der Waals surface area contributed by atoms with Crippen molar-refractivity contribution in [2.45, 2.75) is 52.2 Å². The summed E-state index contributed by atoms with van der Waals surface area (Å²) in [5, 5.41) is 0. The minimum absolute atomic E-state index is 0.118. The molecule has 0 radical (unpaired) electrons. The van der Waals surface area contributed by atoms with Crippen molar-refractivity contribution < 1.29 is 0 Å². The summed E-state index contributed by atoms with van der Waals surface area (Å²) in [6.07, 6.45) is 5.61. The third kappa shape index (κ3) is 2.53. The first-order valence-corrected chi connectivity index (χ1v) is 5.91. The summed E-state index contributed by atoms with van der Waals surface area (Å²) in [5.41, 5.74) is -0.118. The molecular weight excluding hydrogens is 184 g/mol. The van der Waals surface area contributed by atoms with Crippen LogP contribution in [0.4, 0.5) is 0 Å². The molecule has 0 saturated carbocycles. The number of hydrogen-bond donors (Lipinski definition) is 0. The first-order valence-electron chi connectivity index (χ1n) is 5.91. The van der Waals surface area contributed by atoms with E-state index >= 15 is 0 Å². The Bertz CT molecular complexity index is 252. The van der Waals surface area contributed by atoms with Crippen LogP contribution in [-0.2, 0) is 0 Å². The number of hydrogen-bond acceptors (Lipinski definition) is 2. The zero-order chi connectivity index (χ0) is 11.6. The van der Waals surface area contributed by atoms with Crippen molar-refractivity contribution in [3.05, 3.63) is 0 Å². The lowest BCUT2D eigenvalue weighted by Crippen LogP contribution is -2.61. The van der Waals surface area contributed by atoms with Crippen molar-refractivity contribution in [2.75, 3.05) is 19.6 Å². The van der Waals surface area contributed by atoms with Crippen LogP contribution in [0.5, 0.6) is 0 Å². The molecule has 0 bridgehead atoms. The number of rotatable bonds is 2. The lowest BCUT2D eigenvalue weighted by atomic mass is 9.97. The maximum Gasteiger partial charge on any atom is 0.0769 e. The van der Waals surface area contributed by atoms with Crippen LogP contribution in [0.25, 0.3) is 0 Å². The van der Waals surface area contributed by atoms with Gasteiger partial charge in [0.05, 0.1) is 5.54 Å². The second-order valence-corrected chi connectivity index (χ2v) is 5.14. The summed E-state index contributed by atoms with van der Waals surface area (Å²) in [4.78, 5) is 4.97. The van der Waals surface area contributed by atoms with Gasteiger partial charge in [0.25, 0.3) is 0 Å². The molecule has 0 amide bonds. The number of nitrogens with zero attached hydrogens (tertiary/aromatic N) is 2. The molecule has 15 heavy (non-hydrogen) atoms. The maximum absolute atomic E-state index is 5.61. The Balaban J connectivity index is 2.76. The summed E-state index contributed by atoms with van der Waals surface area (Å²) in [5.74, 6) is 2.90. The lowest BCUT2D eigenvalue weighted by molar-refractivity contribution is 0.00541. The second kappa shape index (κ2) is 4.55. The molecule has 1 heterocycles. The standard InChI is InChI=1S/C13H24N2/c1-7-13(5,6)15-10-11(3)14(8-2)9-12(15)4/h1,11-12H,8-10H2,2-6H3. The fourth-order valence-corrected chi connectivity index (χ4v) is 2.50. The van der Waals surface area contributed by atoms with Crippen LogP contribution in [0.1, 0.15) is 34.6 Å². The van der Waals surface area contributed by atoms with Crippen molar-refractivity contribution in [3.8, 4) is 12.3 Å². The molecule has 2 unspecified atom stereocenters. The van der Waals surface area contributed by atoms with Gasteiger partial charge in [-0.25, -0.2) is 0 Å². The first kappa shape index (κ1) is 12.5. The van der Waals surface area contributed by atoms with Gasteiger partial charge >= 0.3 is 0 Å². The van der Waals surface area contributed by atoms with Gasteiger partial charge in [-0.3, -0.25) is 9.80 Å². The fraction of sp³-hybridized carbons (Fsp3) is 0.846. The molecule has 2 atom stereocenters. The van der Waals surface area contributed by atoms with Gasteiger partial charge in [-0.1, -0.05) is 12.8 Å². The molecule has 2 heteroatoms. The summed E-state index contributed by atoms with van der Waals surface area (Å²) < 4.78 is 0. The fourth-order valence-electron chi connectivity index (χ4n) is 2.50. The van der Waals surface area contributed by atoms with Gasteiger partial charge in [0, 0.05) is 25.2 Å². The molecule has 0 aromatic carbocycles. The van der Waals surface area contributed by atoms with E-state index in [-0.39, 0.29) is 5.54 Å². The zero-order valence-corrected chi connectivity index (χ0v) is 10.7. The van der Waals surface area contributed by atoms with Crippen molar-refractivity contribution in [1.82, 2.24) is 9.80 Å². The molecule has 0 aromatic rings. The average Bonchev–Trinajstić information content (AvgIpc) is 2.20. The summed E-state index contributed by atoms with van der Waals surface area (Å²) in [6.45, 7) is 14.4. The second-order valence-electron chi connectivity index (χ2n) is 5.14. The van der Waals surface area contributed by atoms with Gasteiger partial charge in [-0.2, -0.15) is 0 Å². The van der Waals surface area contributed by atoms with Crippen molar-refractivity contribution in [2.24, 2.45) is 0 Å². The highest BCUT2D eigenvalue weighted by molar-refractivity contribution is 5.11. The summed E-state index contributed by atoms with van der Waals surface area (Å²) >= 11 is 0. The Morgan fingerprint density at radius 3 is 2.33 bits per heavy atom. The number of piperazine rings is 1. The van der Waals surface area contributed by atoms with Crippen LogP contribution >= 0.6 is 0 Å². The first-order chi connectivity index (χ1) is 6.92. The van der Waals surface area contributed by atoms with Crippen LogP contribution in [0, 0.1) is 12.3 Å². The smallest absolute Gasteiger partial charge is 0.0769 e. The van der Waals surface area contributed by atoms with Crippen LogP contribution < -0.4 is 0 Å². The van der Waals surface area contributed by atoms with Gasteiger partial charge in [-0.05, 0) is 34.2 Å². The summed E-state index contributed by atoms with van der Waals surface area (Å²) in [6, 6.07) is 1.16. The molecule has 0 aromatic heterocycles. The van der Waals surface area contributed by atoms with Crippen LogP contribution in [-0.4, -0.2) is 47.1 Å². The Morgan fingerprint density at radius 2 is 1.87 bits per heavy atom. The van der Waals surface area contributed by atoms with Crippen molar-refractivity contribution in [3.63, 3.8) is 0 Å². The van der Waals surface area contributed by atoms with Gasteiger partial charge in [0.1, 0.15) is 0 Å². The monoisotopic (exact) mass is 208 g/mol. The van der Waals surface area contributed by atoms with E-state index < -0.39 is 0 Å².